The van der Waals surface area contributed by atoms with Gasteiger partial charge in [-0.3, -0.25) is 0 Å². The minimum absolute atomic E-state index is 0.723. The lowest BCUT2D eigenvalue weighted by Crippen LogP contribution is -2.00. The van der Waals surface area contributed by atoms with Crippen molar-refractivity contribution in [2.45, 2.75) is 297 Å². The van der Waals surface area contributed by atoms with Gasteiger partial charge in [-0.15, -0.1) is 45.3 Å². The van der Waals surface area contributed by atoms with Crippen molar-refractivity contribution in [1.29, 1.82) is 0 Å². The summed E-state index contributed by atoms with van der Waals surface area (Å²) in [6.07, 6.45) is 58.1. The lowest BCUT2D eigenvalue weighted by Gasteiger charge is -2.14. The van der Waals surface area contributed by atoms with E-state index in [1.165, 1.54) is 297 Å². The van der Waals surface area contributed by atoms with Crippen LogP contribution in [0.15, 0.2) is 35.0 Å². The monoisotopic (exact) mass is 1020 g/mol. The zero-order chi connectivity index (χ0) is 49.4. The topological polar surface area (TPSA) is 0 Å². The van der Waals surface area contributed by atoms with Gasteiger partial charge in [0.2, 0.25) is 0 Å². The van der Waals surface area contributed by atoms with Crippen LogP contribution in [0.3, 0.4) is 0 Å². The van der Waals surface area contributed by atoms with Crippen molar-refractivity contribution in [2.24, 2.45) is 11.8 Å². The molecule has 0 spiro atoms. The number of thiophene rings is 4. The van der Waals surface area contributed by atoms with Gasteiger partial charge in [-0.2, -0.15) is 0 Å². The van der Waals surface area contributed by atoms with Gasteiger partial charge in [0.05, 0.1) is 19.2 Å². The fraction of sp³-hybridized carbons (Fsp3) is 0.727. The zero-order valence-electron chi connectivity index (χ0n) is 46.0. The van der Waals surface area contributed by atoms with Crippen LogP contribution in [0.1, 0.15) is 307 Å². The molecule has 70 heavy (non-hydrogen) atoms. The number of hydrogen-bond donors (Lipinski definition) is 0. The first-order chi connectivity index (χ1) is 34.7. The Morgan fingerprint density at radius 2 is 0.600 bits per heavy atom. The van der Waals surface area contributed by atoms with Crippen molar-refractivity contribution in [3.63, 3.8) is 0 Å². The van der Waals surface area contributed by atoms with Crippen LogP contribution in [0.5, 0.6) is 0 Å². The van der Waals surface area contributed by atoms with E-state index in [2.05, 4.69) is 86.4 Å². The highest BCUT2D eigenvalue weighted by atomic mass is 32.1. The summed E-state index contributed by atoms with van der Waals surface area (Å²) in [4.78, 5) is 5.26. The molecule has 0 N–H and O–H groups in total. The summed E-state index contributed by atoms with van der Waals surface area (Å²) in [5, 5.41) is 4.50. The first-order valence-corrected chi connectivity index (χ1v) is 33.7. The number of rotatable bonds is 44. The molecule has 4 rings (SSSR count). The van der Waals surface area contributed by atoms with Gasteiger partial charge in [0.1, 0.15) is 0 Å². The molecular formula is C66H104S4. The minimum atomic E-state index is 0.723. The predicted molar refractivity (Wildman–Crippen MR) is 324 cm³/mol. The summed E-state index contributed by atoms with van der Waals surface area (Å²) in [7, 11) is 0. The van der Waals surface area contributed by atoms with Crippen LogP contribution < -0.4 is 0 Å². The Bertz CT molecular complexity index is 1770. The lowest BCUT2D eigenvalue weighted by atomic mass is 9.91. The Balaban J connectivity index is 1.46. The van der Waals surface area contributed by atoms with Crippen LogP contribution in [-0.2, 0) is 0 Å². The molecule has 0 saturated carbocycles. The number of fused-ring (bicyclic) bond motifs is 1. The van der Waals surface area contributed by atoms with Gasteiger partial charge in [0, 0.05) is 33.7 Å². The fourth-order valence-corrected chi connectivity index (χ4v) is 15.1. The molecule has 0 aliphatic rings. The largest absolute Gasteiger partial charge is 0.144 e. The summed E-state index contributed by atoms with van der Waals surface area (Å²) >= 11 is 7.66. The Labute approximate surface area is 450 Å². The van der Waals surface area contributed by atoms with Crippen LogP contribution in [0.25, 0.3) is 30.3 Å². The minimum Gasteiger partial charge on any atom is -0.144 e. The zero-order valence-corrected chi connectivity index (χ0v) is 49.2. The van der Waals surface area contributed by atoms with Crippen molar-refractivity contribution in [3.8, 4) is 44.6 Å². The molecule has 0 radical (unpaired) electrons. The van der Waals surface area contributed by atoms with Gasteiger partial charge in [-0.25, -0.2) is 0 Å². The molecular weight excluding hydrogens is 921 g/mol. The molecule has 0 bridgehead atoms. The third-order valence-electron chi connectivity index (χ3n) is 15.1. The SMILES string of the molecule is CCCCCCCCCCCCC(CC#Cc1sc2c(-c3cccs3)c(C#CCC(CCCCCCCCCC)CCCCCCCCCCCC)sc2c1-c1cccs1)CCCCCCCCCC. The standard InChI is InChI=1S/C66H104S4/c1-5-9-13-17-21-25-27-31-35-39-47-57(45-37-33-29-23-19-15-11-7-3)49-41-51-61-63(59-53-43-55-67-59)65-66(69-61)64(60-54-44-56-68-60)62(70-65)52-42-50-58(46-38-34-30-24-20-16-12-8-4)48-40-36-32-28-26-22-18-14-10-6-2/h43-44,53-58H,5-40,45-50H2,1-4H3. The van der Waals surface area contributed by atoms with Crippen LogP contribution >= 0.6 is 45.3 Å². The smallest absolute Gasteiger partial charge is 0.0876 e. The summed E-state index contributed by atoms with van der Waals surface area (Å²) in [6.45, 7) is 9.29. The van der Waals surface area contributed by atoms with Crippen LogP contribution in [-0.4, -0.2) is 0 Å². The van der Waals surface area contributed by atoms with E-state index >= 15 is 0 Å². The maximum atomic E-state index is 3.86. The Morgan fingerprint density at radius 1 is 0.343 bits per heavy atom. The predicted octanol–water partition coefficient (Wildman–Crippen LogP) is 24.8. The lowest BCUT2D eigenvalue weighted by molar-refractivity contribution is 0.409. The summed E-state index contributed by atoms with van der Waals surface area (Å²) in [5.74, 6) is 16.9. The van der Waals surface area contributed by atoms with Gasteiger partial charge >= 0.3 is 0 Å². The highest BCUT2D eigenvalue weighted by Gasteiger charge is 2.23. The molecule has 0 amide bonds. The second-order valence-electron chi connectivity index (χ2n) is 21.4. The van der Waals surface area contributed by atoms with Crippen molar-refractivity contribution in [3.05, 3.63) is 44.8 Å². The maximum Gasteiger partial charge on any atom is 0.0876 e. The van der Waals surface area contributed by atoms with Crippen LogP contribution in [0.4, 0.5) is 0 Å². The van der Waals surface area contributed by atoms with Crippen molar-refractivity contribution >= 4 is 54.7 Å². The van der Waals surface area contributed by atoms with Gasteiger partial charge < -0.3 is 0 Å². The third kappa shape index (κ3) is 25.9. The van der Waals surface area contributed by atoms with E-state index in [1.54, 1.807) is 0 Å². The molecule has 4 heteroatoms. The summed E-state index contributed by atoms with van der Waals surface area (Å²) in [5.41, 5.74) is 2.75. The van der Waals surface area contributed by atoms with E-state index in [-0.39, 0.29) is 0 Å². The van der Waals surface area contributed by atoms with E-state index < -0.39 is 0 Å². The molecule has 4 aromatic rings. The molecule has 2 unspecified atom stereocenters. The average Bonchev–Trinajstić information content (AvgIpc) is 4.21. The van der Waals surface area contributed by atoms with Gasteiger partial charge in [0.15, 0.2) is 0 Å². The molecule has 0 saturated heterocycles. The van der Waals surface area contributed by atoms with E-state index in [0.29, 0.717) is 0 Å². The average molecular weight is 1030 g/mol. The molecule has 4 heterocycles. The van der Waals surface area contributed by atoms with Gasteiger partial charge in [0.25, 0.3) is 0 Å². The normalized spacial score (nSPS) is 12.3. The Hall–Kier alpha value is -1.82. The summed E-state index contributed by atoms with van der Waals surface area (Å²) < 4.78 is 2.82. The first-order valence-electron chi connectivity index (χ1n) is 30.3. The van der Waals surface area contributed by atoms with Crippen molar-refractivity contribution in [1.82, 2.24) is 0 Å². The van der Waals surface area contributed by atoms with Gasteiger partial charge in [-0.1, -0.05) is 295 Å². The van der Waals surface area contributed by atoms with Crippen molar-refractivity contribution in [2.75, 3.05) is 0 Å². The van der Waals surface area contributed by atoms with Gasteiger partial charge in [-0.05, 0) is 60.4 Å². The number of unbranched alkanes of at least 4 members (excludes halogenated alkanes) is 32. The second-order valence-corrected chi connectivity index (χ2v) is 25.4. The molecule has 0 aliphatic heterocycles. The van der Waals surface area contributed by atoms with Crippen LogP contribution in [0, 0.1) is 35.5 Å². The molecule has 2 atom stereocenters. The molecule has 0 aliphatic carbocycles. The Morgan fingerprint density at radius 3 is 0.843 bits per heavy atom. The second kappa shape index (κ2) is 41.5. The Kier molecular flexibility index (Phi) is 36.0. The highest BCUT2D eigenvalue weighted by Crippen LogP contribution is 2.50. The van der Waals surface area contributed by atoms with E-state index in [0.717, 1.165) is 24.7 Å². The molecule has 0 aromatic carbocycles. The van der Waals surface area contributed by atoms with Crippen LogP contribution in [0.2, 0.25) is 0 Å². The fourth-order valence-electron chi connectivity index (χ4n) is 10.6. The van der Waals surface area contributed by atoms with Crippen molar-refractivity contribution < 1.29 is 0 Å². The molecule has 4 aromatic heterocycles. The molecule has 392 valence electrons. The summed E-state index contributed by atoms with van der Waals surface area (Å²) in [6, 6.07) is 9.10. The molecule has 0 fully saturated rings. The van der Waals surface area contributed by atoms with E-state index in [1.807, 2.05) is 45.3 Å². The number of hydrogen-bond acceptors (Lipinski definition) is 4. The highest BCUT2D eigenvalue weighted by molar-refractivity contribution is 7.31. The third-order valence-corrected chi connectivity index (χ3v) is 19.3. The van der Waals surface area contributed by atoms with E-state index in [4.69, 9.17) is 0 Å². The maximum absolute atomic E-state index is 3.86. The first kappa shape index (κ1) is 60.7. The quantitative estimate of drug-likeness (QED) is 0.0306. The van der Waals surface area contributed by atoms with E-state index in [9.17, 15) is 0 Å². The molecule has 0 nitrogen and oxygen atoms in total.